The molecule has 2 aromatic heterocycles. The first kappa shape index (κ1) is 18.7. The summed E-state index contributed by atoms with van der Waals surface area (Å²) in [6.07, 6.45) is 4.96. The molecule has 5 heteroatoms. The molecule has 0 N–H and O–H groups in total. The minimum Gasteiger partial charge on any atom is -0.336 e. The molecule has 0 saturated carbocycles. The molecule has 0 spiro atoms. The topological polar surface area (TPSA) is 40.9 Å². The molecule has 0 bridgehead atoms. The summed E-state index contributed by atoms with van der Waals surface area (Å²) in [6, 6.07) is 14.9. The van der Waals surface area contributed by atoms with Gasteiger partial charge in [0.2, 0.25) is 0 Å². The van der Waals surface area contributed by atoms with Gasteiger partial charge < -0.3 is 9.30 Å². The Morgan fingerprint density at radius 3 is 2.61 bits per heavy atom. The zero-order valence-electron chi connectivity index (χ0n) is 16.9. The van der Waals surface area contributed by atoms with Gasteiger partial charge in [-0.1, -0.05) is 37.3 Å². The van der Waals surface area contributed by atoms with Crippen molar-refractivity contribution in [3.05, 3.63) is 60.4 Å². The number of benzene rings is 1. The summed E-state index contributed by atoms with van der Waals surface area (Å²) in [6.45, 7) is 9.19. The van der Waals surface area contributed by atoms with Gasteiger partial charge in [0.25, 0.3) is 5.91 Å². The van der Waals surface area contributed by atoms with Crippen LogP contribution in [-0.4, -0.2) is 56.8 Å². The Hall–Kier alpha value is -2.66. The summed E-state index contributed by atoms with van der Waals surface area (Å²) in [5.41, 5.74) is 3.57. The van der Waals surface area contributed by atoms with Gasteiger partial charge in [0.1, 0.15) is 5.65 Å². The van der Waals surface area contributed by atoms with Gasteiger partial charge in [0, 0.05) is 49.7 Å². The molecule has 4 rings (SSSR count). The first-order chi connectivity index (χ1) is 13.6. The molecule has 28 heavy (non-hydrogen) atoms. The Balaban J connectivity index is 1.56. The molecule has 146 valence electrons. The van der Waals surface area contributed by atoms with E-state index in [0.29, 0.717) is 12.1 Å². The van der Waals surface area contributed by atoms with Crippen molar-refractivity contribution in [2.75, 3.05) is 19.6 Å². The summed E-state index contributed by atoms with van der Waals surface area (Å²) in [4.78, 5) is 22.3. The van der Waals surface area contributed by atoms with Crippen LogP contribution < -0.4 is 0 Å². The molecule has 0 aliphatic carbocycles. The molecule has 1 unspecified atom stereocenters. The highest BCUT2D eigenvalue weighted by molar-refractivity contribution is 5.94. The van der Waals surface area contributed by atoms with Crippen molar-refractivity contribution in [2.24, 2.45) is 0 Å². The van der Waals surface area contributed by atoms with E-state index < -0.39 is 0 Å². The van der Waals surface area contributed by atoms with Crippen LogP contribution in [0.2, 0.25) is 0 Å². The Morgan fingerprint density at radius 1 is 1.11 bits per heavy atom. The Kier molecular flexibility index (Phi) is 5.18. The molecule has 1 aliphatic heterocycles. The second-order valence-corrected chi connectivity index (χ2v) is 7.82. The molecule has 1 saturated heterocycles. The van der Waals surface area contributed by atoms with Crippen molar-refractivity contribution >= 4 is 11.6 Å². The monoisotopic (exact) mass is 376 g/mol. The third-order valence-electron chi connectivity index (χ3n) is 5.72. The number of hydrogen-bond donors (Lipinski definition) is 0. The number of piperazine rings is 1. The lowest BCUT2D eigenvalue weighted by Gasteiger charge is -2.43. The SMILES string of the molecule is CCC1CN(C(=O)c2ccc3nc(-c4ccccc4)cn3c2)CCN1C(C)C. The lowest BCUT2D eigenvalue weighted by molar-refractivity contribution is 0.0371. The summed E-state index contributed by atoms with van der Waals surface area (Å²) >= 11 is 0. The second-order valence-electron chi connectivity index (χ2n) is 7.82. The largest absolute Gasteiger partial charge is 0.336 e. The molecule has 3 aromatic rings. The predicted molar refractivity (Wildman–Crippen MR) is 112 cm³/mol. The minimum absolute atomic E-state index is 0.110. The van der Waals surface area contributed by atoms with Crippen LogP contribution in [0.25, 0.3) is 16.9 Å². The first-order valence-corrected chi connectivity index (χ1v) is 10.2. The van der Waals surface area contributed by atoms with Gasteiger partial charge in [-0.15, -0.1) is 0 Å². The van der Waals surface area contributed by atoms with Crippen molar-refractivity contribution in [1.82, 2.24) is 19.2 Å². The van der Waals surface area contributed by atoms with E-state index in [1.165, 1.54) is 0 Å². The molecule has 1 amide bonds. The van der Waals surface area contributed by atoms with Crippen LogP contribution in [0.3, 0.4) is 0 Å². The highest BCUT2D eigenvalue weighted by Crippen LogP contribution is 2.21. The fourth-order valence-corrected chi connectivity index (χ4v) is 4.15. The van der Waals surface area contributed by atoms with E-state index in [0.717, 1.165) is 48.5 Å². The second kappa shape index (κ2) is 7.76. The van der Waals surface area contributed by atoms with Crippen LogP contribution >= 0.6 is 0 Å². The van der Waals surface area contributed by atoms with Crippen molar-refractivity contribution < 1.29 is 4.79 Å². The van der Waals surface area contributed by atoms with Crippen LogP contribution in [0.15, 0.2) is 54.9 Å². The van der Waals surface area contributed by atoms with E-state index in [9.17, 15) is 4.79 Å². The summed E-state index contributed by atoms with van der Waals surface area (Å²) < 4.78 is 1.96. The van der Waals surface area contributed by atoms with Gasteiger partial charge in [-0.2, -0.15) is 0 Å². The van der Waals surface area contributed by atoms with Crippen LogP contribution in [0.4, 0.5) is 0 Å². The first-order valence-electron chi connectivity index (χ1n) is 10.2. The molecular formula is C23H28N4O. The van der Waals surface area contributed by atoms with Gasteiger partial charge >= 0.3 is 0 Å². The minimum atomic E-state index is 0.110. The number of pyridine rings is 1. The van der Waals surface area contributed by atoms with Gasteiger partial charge in [0.15, 0.2) is 0 Å². The van der Waals surface area contributed by atoms with E-state index in [-0.39, 0.29) is 5.91 Å². The fraction of sp³-hybridized carbons (Fsp3) is 0.391. The number of rotatable bonds is 4. The van der Waals surface area contributed by atoms with E-state index >= 15 is 0 Å². The highest BCUT2D eigenvalue weighted by Gasteiger charge is 2.30. The molecule has 1 aromatic carbocycles. The van der Waals surface area contributed by atoms with E-state index in [1.807, 2.05) is 64.2 Å². The van der Waals surface area contributed by atoms with Crippen LogP contribution in [0, 0.1) is 0 Å². The van der Waals surface area contributed by atoms with E-state index in [2.05, 4.69) is 30.7 Å². The number of amides is 1. The third kappa shape index (κ3) is 3.54. The number of hydrogen-bond acceptors (Lipinski definition) is 3. The Labute approximate surface area is 166 Å². The number of carbonyl (C=O) groups is 1. The zero-order valence-corrected chi connectivity index (χ0v) is 16.9. The Bertz CT molecular complexity index is 963. The summed E-state index contributed by atoms with van der Waals surface area (Å²) in [7, 11) is 0. The maximum absolute atomic E-state index is 13.1. The molecule has 1 fully saturated rings. The quantitative estimate of drug-likeness (QED) is 0.692. The normalized spacial score (nSPS) is 18.1. The van der Waals surface area contributed by atoms with Crippen LogP contribution in [0.1, 0.15) is 37.6 Å². The molecule has 3 heterocycles. The maximum atomic E-state index is 13.1. The van der Waals surface area contributed by atoms with E-state index in [1.54, 1.807) is 0 Å². The van der Waals surface area contributed by atoms with Gasteiger partial charge in [-0.3, -0.25) is 9.69 Å². The van der Waals surface area contributed by atoms with Gasteiger partial charge in [-0.25, -0.2) is 4.98 Å². The number of imidazole rings is 1. The molecule has 1 aliphatic rings. The fourth-order valence-electron chi connectivity index (χ4n) is 4.15. The average molecular weight is 377 g/mol. The molecule has 5 nitrogen and oxygen atoms in total. The van der Waals surface area contributed by atoms with Crippen molar-refractivity contribution in [2.45, 2.75) is 39.3 Å². The van der Waals surface area contributed by atoms with Crippen molar-refractivity contribution in [3.8, 4) is 11.3 Å². The average Bonchev–Trinajstić information content (AvgIpc) is 3.16. The van der Waals surface area contributed by atoms with Crippen molar-refractivity contribution in [1.29, 1.82) is 0 Å². The smallest absolute Gasteiger partial charge is 0.255 e. The standard InChI is InChI=1S/C23H28N4O/c1-4-20-15-25(12-13-27(20)17(2)3)23(28)19-10-11-22-24-21(16-26(22)14-19)18-8-6-5-7-9-18/h5-11,14,16-17,20H,4,12-13,15H2,1-3H3. The van der Waals surface area contributed by atoms with Crippen LogP contribution in [0.5, 0.6) is 0 Å². The molecule has 0 radical (unpaired) electrons. The predicted octanol–water partition coefficient (Wildman–Crippen LogP) is 3.95. The van der Waals surface area contributed by atoms with Crippen LogP contribution in [-0.2, 0) is 0 Å². The lowest BCUT2D eigenvalue weighted by Crippen LogP contribution is -2.56. The third-order valence-corrected chi connectivity index (χ3v) is 5.72. The number of carbonyl (C=O) groups excluding carboxylic acids is 1. The summed E-state index contributed by atoms with van der Waals surface area (Å²) in [5, 5.41) is 0. The summed E-state index contributed by atoms with van der Waals surface area (Å²) in [5.74, 6) is 0.110. The van der Waals surface area contributed by atoms with E-state index in [4.69, 9.17) is 0 Å². The Morgan fingerprint density at radius 2 is 1.89 bits per heavy atom. The molecular weight excluding hydrogens is 348 g/mol. The highest BCUT2D eigenvalue weighted by atomic mass is 16.2. The lowest BCUT2D eigenvalue weighted by atomic mass is 10.1. The number of nitrogens with zero attached hydrogens (tertiary/aromatic N) is 4. The van der Waals surface area contributed by atoms with Gasteiger partial charge in [-0.05, 0) is 32.4 Å². The van der Waals surface area contributed by atoms with Gasteiger partial charge in [0.05, 0.1) is 11.3 Å². The molecule has 1 atom stereocenters. The van der Waals surface area contributed by atoms with Crippen molar-refractivity contribution in [3.63, 3.8) is 0 Å². The number of aromatic nitrogens is 2. The zero-order chi connectivity index (χ0) is 19.7. The maximum Gasteiger partial charge on any atom is 0.255 e. The number of fused-ring (bicyclic) bond motifs is 1.